The van der Waals surface area contributed by atoms with E-state index in [1.807, 2.05) is 13.8 Å². The van der Waals surface area contributed by atoms with Crippen molar-refractivity contribution in [1.82, 2.24) is 10.2 Å². The minimum Gasteiger partial charge on any atom is -0.491 e. The number of carbonyl (C=O) groups is 2. The number of nitrogens with zero attached hydrogens (tertiary/aromatic N) is 1. The standard InChI is InChI=1S/C35H38F6N2O6/c1-6-7-23-18-26(33(46,34(36,37)38)35(39,40)41)11-15-29(23)49-28-12-8-22(24(19-28)20-47-5)16-17-43-30(44)32(4,42-31(43)45)25-9-13-27(14-10-25)48-21(2)3/h8-15,18-19,21,46H,6-7,16-17,20H2,1-5H3,(H,42,45). The lowest BCUT2D eigenvalue weighted by Crippen LogP contribution is -2.53. The molecule has 0 spiro atoms. The number of urea groups is 1. The molecule has 3 amide bonds. The molecule has 0 aromatic heterocycles. The molecule has 1 atom stereocenters. The van der Waals surface area contributed by atoms with Crippen LogP contribution in [-0.2, 0) is 40.1 Å². The summed E-state index contributed by atoms with van der Waals surface area (Å²) in [7, 11) is 1.46. The van der Waals surface area contributed by atoms with Gasteiger partial charge in [0.1, 0.15) is 22.8 Å². The van der Waals surface area contributed by atoms with E-state index < -0.39 is 41.0 Å². The third-order valence-electron chi connectivity index (χ3n) is 8.21. The number of alkyl halides is 6. The molecular formula is C35H38F6N2O6. The number of halogens is 6. The SMILES string of the molecule is CCCc1cc(C(O)(C(F)(F)F)C(F)(F)F)ccc1Oc1ccc(CCN2C(=O)NC(C)(c3ccc(OC(C)C)cc3)C2=O)c(COC)c1. The smallest absolute Gasteiger partial charge is 0.430 e. The van der Waals surface area contributed by atoms with Crippen LogP contribution in [-0.4, -0.2) is 54.1 Å². The Kier molecular flexibility index (Phi) is 10.9. The van der Waals surface area contributed by atoms with E-state index in [0.29, 0.717) is 41.0 Å². The summed E-state index contributed by atoms with van der Waals surface area (Å²) in [6, 6.07) is 13.3. The van der Waals surface area contributed by atoms with Crippen molar-refractivity contribution >= 4 is 11.9 Å². The van der Waals surface area contributed by atoms with Gasteiger partial charge in [0.05, 0.1) is 12.7 Å². The first-order valence-electron chi connectivity index (χ1n) is 15.5. The Bertz CT molecular complexity index is 1640. The van der Waals surface area contributed by atoms with Crippen molar-refractivity contribution in [1.29, 1.82) is 0 Å². The van der Waals surface area contributed by atoms with E-state index in [0.717, 1.165) is 11.0 Å². The molecule has 0 bridgehead atoms. The largest absolute Gasteiger partial charge is 0.491 e. The first-order valence-corrected chi connectivity index (χ1v) is 15.5. The van der Waals surface area contributed by atoms with Crippen molar-refractivity contribution in [3.63, 3.8) is 0 Å². The minimum absolute atomic E-state index is 0.0100. The van der Waals surface area contributed by atoms with Crippen LogP contribution in [0.1, 0.15) is 61.9 Å². The Morgan fingerprint density at radius 2 is 1.49 bits per heavy atom. The number of nitrogens with one attached hydrogen (secondary N) is 1. The van der Waals surface area contributed by atoms with Crippen LogP contribution >= 0.6 is 0 Å². The number of benzene rings is 3. The number of ether oxygens (including phenoxy) is 3. The van der Waals surface area contributed by atoms with Crippen LogP contribution in [0.5, 0.6) is 17.2 Å². The Morgan fingerprint density at radius 3 is 2.06 bits per heavy atom. The summed E-state index contributed by atoms with van der Waals surface area (Å²) < 4.78 is 98.0. The molecule has 8 nitrogen and oxygen atoms in total. The molecule has 1 fully saturated rings. The number of hydrogen-bond donors (Lipinski definition) is 2. The van der Waals surface area contributed by atoms with Gasteiger partial charge in [-0.3, -0.25) is 9.69 Å². The van der Waals surface area contributed by atoms with Gasteiger partial charge in [0.2, 0.25) is 0 Å². The Morgan fingerprint density at radius 1 is 0.857 bits per heavy atom. The van der Waals surface area contributed by atoms with Gasteiger partial charge in [0, 0.05) is 19.2 Å². The number of aryl methyl sites for hydroxylation is 1. The monoisotopic (exact) mass is 696 g/mol. The predicted molar refractivity (Wildman–Crippen MR) is 167 cm³/mol. The summed E-state index contributed by atoms with van der Waals surface area (Å²) in [4.78, 5) is 27.6. The second-order valence-electron chi connectivity index (χ2n) is 12.2. The highest BCUT2D eigenvalue weighted by molar-refractivity contribution is 6.07. The molecule has 3 aromatic rings. The average molecular weight is 697 g/mol. The normalized spacial score (nSPS) is 17.1. The summed E-state index contributed by atoms with van der Waals surface area (Å²) >= 11 is 0. The second kappa shape index (κ2) is 14.3. The minimum atomic E-state index is -6.02. The Balaban J connectivity index is 1.54. The summed E-state index contributed by atoms with van der Waals surface area (Å²) in [5.41, 5.74) is -5.77. The molecule has 14 heteroatoms. The third kappa shape index (κ3) is 7.64. The van der Waals surface area contributed by atoms with Crippen LogP contribution in [0, 0.1) is 0 Å². The molecule has 266 valence electrons. The molecule has 0 radical (unpaired) electrons. The molecule has 0 saturated carbocycles. The maximum Gasteiger partial charge on any atom is 0.430 e. The molecule has 2 N–H and O–H groups in total. The van der Waals surface area contributed by atoms with Gasteiger partial charge in [0.15, 0.2) is 0 Å². The zero-order valence-corrected chi connectivity index (χ0v) is 27.6. The molecule has 1 aliphatic rings. The zero-order valence-electron chi connectivity index (χ0n) is 27.6. The van der Waals surface area contributed by atoms with Gasteiger partial charge in [-0.05, 0) is 92.3 Å². The molecule has 49 heavy (non-hydrogen) atoms. The van der Waals surface area contributed by atoms with Gasteiger partial charge in [-0.1, -0.05) is 37.6 Å². The van der Waals surface area contributed by atoms with Crippen LogP contribution in [0.2, 0.25) is 0 Å². The lowest BCUT2D eigenvalue weighted by molar-refractivity contribution is -0.376. The molecule has 1 unspecified atom stereocenters. The second-order valence-corrected chi connectivity index (χ2v) is 12.2. The number of aliphatic hydroxyl groups is 1. The van der Waals surface area contributed by atoms with Crippen LogP contribution in [0.15, 0.2) is 60.7 Å². The fraction of sp³-hybridized carbons (Fsp3) is 0.429. The Labute approximate surface area is 280 Å². The van der Waals surface area contributed by atoms with Crippen LogP contribution in [0.3, 0.4) is 0 Å². The van der Waals surface area contributed by atoms with Gasteiger partial charge >= 0.3 is 18.4 Å². The predicted octanol–water partition coefficient (Wildman–Crippen LogP) is 7.69. The number of hydrogen-bond acceptors (Lipinski definition) is 6. The average Bonchev–Trinajstić information content (AvgIpc) is 3.23. The van der Waals surface area contributed by atoms with Crippen molar-refractivity contribution in [3.05, 3.63) is 88.5 Å². The number of imide groups is 1. The van der Waals surface area contributed by atoms with Gasteiger partial charge in [-0.25, -0.2) is 4.79 Å². The number of methoxy groups -OCH3 is 1. The molecule has 0 aliphatic carbocycles. The summed E-state index contributed by atoms with van der Waals surface area (Å²) in [5.74, 6) is 0.423. The molecule has 1 heterocycles. The van der Waals surface area contributed by atoms with Crippen molar-refractivity contribution in [3.8, 4) is 17.2 Å². The fourth-order valence-electron chi connectivity index (χ4n) is 5.65. The van der Waals surface area contributed by atoms with Gasteiger partial charge in [-0.2, -0.15) is 26.3 Å². The number of amides is 3. The zero-order chi connectivity index (χ0) is 36.4. The molecule has 1 aliphatic heterocycles. The lowest BCUT2D eigenvalue weighted by Gasteiger charge is -2.33. The summed E-state index contributed by atoms with van der Waals surface area (Å²) in [6.45, 7) is 7.23. The maximum absolute atomic E-state index is 13.5. The van der Waals surface area contributed by atoms with E-state index >= 15 is 0 Å². The van der Waals surface area contributed by atoms with E-state index in [2.05, 4.69) is 5.32 Å². The van der Waals surface area contributed by atoms with Crippen molar-refractivity contribution in [2.45, 2.75) is 83.2 Å². The maximum atomic E-state index is 13.5. The van der Waals surface area contributed by atoms with Gasteiger partial charge in [-0.15, -0.1) is 0 Å². The van der Waals surface area contributed by atoms with E-state index in [-0.39, 0.29) is 49.2 Å². The van der Waals surface area contributed by atoms with E-state index in [9.17, 15) is 41.0 Å². The highest BCUT2D eigenvalue weighted by Gasteiger charge is 2.71. The summed E-state index contributed by atoms with van der Waals surface area (Å²) in [6.07, 6.45) is -11.4. The quantitative estimate of drug-likeness (QED) is 0.141. The highest BCUT2D eigenvalue weighted by Crippen LogP contribution is 2.50. The number of rotatable bonds is 13. The van der Waals surface area contributed by atoms with Crippen LogP contribution in [0.4, 0.5) is 31.1 Å². The van der Waals surface area contributed by atoms with Gasteiger partial charge < -0.3 is 24.6 Å². The molecular weight excluding hydrogens is 658 g/mol. The lowest BCUT2D eigenvalue weighted by atomic mass is 9.90. The third-order valence-corrected chi connectivity index (χ3v) is 8.21. The van der Waals surface area contributed by atoms with Gasteiger partial charge in [0.25, 0.3) is 11.5 Å². The topological polar surface area (TPSA) is 97.3 Å². The highest BCUT2D eigenvalue weighted by atomic mass is 19.4. The Hall–Kier alpha value is -4.30. The first-order chi connectivity index (χ1) is 22.8. The van der Waals surface area contributed by atoms with Crippen molar-refractivity contribution in [2.24, 2.45) is 0 Å². The first kappa shape index (κ1) is 37.5. The number of carbonyl (C=O) groups excluding carboxylic acids is 2. The molecule has 4 rings (SSSR count). The van der Waals surface area contributed by atoms with E-state index in [1.54, 1.807) is 56.3 Å². The van der Waals surface area contributed by atoms with Crippen LogP contribution in [0.25, 0.3) is 0 Å². The molecule has 3 aromatic carbocycles. The van der Waals surface area contributed by atoms with E-state index in [4.69, 9.17) is 14.2 Å². The van der Waals surface area contributed by atoms with E-state index in [1.165, 1.54) is 7.11 Å². The van der Waals surface area contributed by atoms with Crippen LogP contribution < -0.4 is 14.8 Å². The molecule has 1 saturated heterocycles. The van der Waals surface area contributed by atoms with Crippen molar-refractivity contribution in [2.75, 3.05) is 13.7 Å². The fourth-order valence-corrected chi connectivity index (χ4v) is 5.65. The summed E-state index contributed by atoms with van der Waals surface area (Å²) in [5, 5.41) is 12.7. The van der Waals surface area contributed by atoms with Crippen molar-refractivity contribution < 1.29 is 55.2 Å².